The Morgan fingerprint density at radius 3 is 2.04 bits per heavy atom. The number of non-ortho nitro benzene ring substituents is 1. The maximum absolute atomic E-state index is 13.1. The van der Waals surface area contributed by atoms with E-state index in [4.69, 9.17) is 10.2 Å². The van der Waals surface area contributed by atoms with Gasteiger partial charge in [0.25, 0.3) is 11.6 Å². The molecule has 8 atom stereocenters. The number of hydrogen-bond acceptors (Lipinski definition) is 16. The quantitative estimate of drug-likeness (QED) is 0.0202. The Morgan fingerprint density at radius 1 is 0.865 bits per heavy atom. The van der Waals surface area contributed by atoms with E-state index in [1.165, 1.54) is 14.0 Å². The van der Waals surface area contributed by atoms with Gasteiger partial charge in [0, 0.05) is 37.2 Å². The molecule has 4 amide bonds. The van der Waals surface area contributed by atoms with Gasteiger partial charge in [-0.05, 0) is 51.2 Å². The minimum Gasteiger partial charge on any atom is -0.480 e. The number of carboxylic acid groups (broad SMARTS) is 1. The number of nitrogens with zero attached hydrogens (tertiary/aromatic N) is 1. The Labute approximate surface area is 297 Å². The van der Waals surface area contributed by atoms with Gasteiger partial charge in [-0.1, -0.05) is 0 Å². The zero-order valence-electron chi connectivity index (χ0n) is 28.4. The van der Waals surface area contributed by atoms with Crippen LogP contribution in [0.4, 0.5) is 5.69 Å². The molecule has 0 aromatic heterocycles. The van der Waals surface area contributed by atoms with Gasteiger partial charge in [0.2, 0.25) is 17.7 Å². The number of likely N-dealkylation sites (N-methyl/N-ethyl adjacent to an activating group) is 1. The van der Waals surface area contributed by atoms with Crippen LogP contribution in [0.2, 0.25) is 0 Å². The predicted octanol–water partition coefficient (Wildman–Crippen LogP) is -6.47. The zero-order valence-corrected chi connectivity index (χ0v) is 28.4. The number of carbonyl (C=O) groups is 5. The number of amides is 4. The summed E-state index contributed by atoms with van der Waals surface area (Å²) in [5.74, 6) is -4.77. The normalized spacial score (nSPS) is 15.8. The first-order valence-corrected chi connectivity index (χ1v) is 16.1. The zero-order chi connectivity index (χ0) is 39.7. The van der Waals surface area contributed by atoms with E-state index in [-0.39, 0.29) is 25.8 Å². The molecule has 0 bridgehead atoms. The van der Waals surface area contributed by atoms with Gasteiger partial charge >= 0.3 is 13.1 Å². The van der Waals surface area contributed by atoms with Crippen molar-refractivity contribution in [2.45, 2.75) is 87.7 Å². The van der Waals surface area contributed by atoms with E-state index in [1.807, 2.05) is 0 Å². The third kappa shape index (κ3) is 15.1. The van der Waals surface area contributed by atoms with Crippen molar-refractivity contribution in [2.75, 3.05) is 26.7 Å². The molecule has 1 aromatic carbocycles. The van der Waals surface area contributed by atoms with Gasteiger partial charge in [-0.3, -0.25) is 29.3 Å². The summed E-state index contributed by atoms with van der Waals surface area (Å²) in [5, 5.41) is 110. The Kier molecular flexibility index (Phi) is 19.8. The van der Waals surface area contributed by atoms with Crippen molar-refractivity contribution in [3.8, 4) is 0 Å². The third-order valence-corrected chi connectivity index (χ3v) is 7.76. The van der Waals surface area contributed by atoms with E-state index in [1.54, 1.807) is 0 Å². The average molecular weight is 747 g/mol. The van der Waals surface area contributed by atoms with Crippen LogP contribution in [-0.2, 0) is 19.2 Å². The number of rotatable bonds is 24. The van der Waals surface area contributed by atoms with Crippen molar-refractivity contribution in [1.29, 1.82) is 0 Å². The first kappa shape index (κ1) is 45.7. The summed E-state index contributed by atoms with van der Waals surface area (Å²) >= 11 is 0. The van der Waals surface area contributed by atoms with Crippen molar-refractivity contribution >= 4 is 47.9 Å². The molecule has 292 valence electrons. The summed E-state index contributed by atoms with van der Waals surface area (Å²) in [5.41, 5.74) is -1.54. The number of nitro groups is 1. The molecule has 0 radical (unpaired) electrons. The number of nitrogens with one attached hydrogen (secondary N) is 5. The topological polar surface area (TPSA) is 371 Å². The van der Waals surface area contributed by atoms with Gasteiger partial charge in [0.1, 0.15) is 24.4 Å². The van der Waals surface area contributed by atoms with E-state index < -0.39 is 120 Å². The van der Waals surface area contributed by atoms with E-state index in [0.717, 1.165) is 18.2 Å². The number of aliphatic carboxylic acids is 1. The maximum Gasteiger partial charge on any atom is 0.488 e. The Bertz CT molecular complexity index is 1370. The molecular weight excluding hydrogens is 699 g/mol. The van der Waals surface area contributed by atoms with E-state index in [9.17, 15) is 69.7 Å². The standard InChI is InChI=1S/C29H47BN6O16/c1-14(38)23(29(47)48)35-28(46)18(31-2)5-3-4-8-32-22(41)7-6-19(27(45)33-12-20(39)24(42)25(43)21(40)13-37)34-26(44)15-9-16(30(49)50)11-17(10-15)36(51)52/h9-11,14,18-21,23-25,31,37-40,42-43,49-50H,3-8,12-13H2,1-2H3,(H,32,41)(H,33,45)(H,34,44)(H,35,46)(H,47,48)/t14?,18-,19-,20+,21-,23?,24-,25-/m0/s1. The van der Waals surface area contributed by atoms with Crippen LogP contribution in [0.25, 0.3) is 0 Å². The Balaban J connectivity index is 2.92. The van der Waals surface area contributed by atoms with Crippen molar-refractivity contribution in [2.24, 2.45) is 0 Å². The Hall–Kier alpha value is -4.33. The third-order valence-electron chi connectivity index (χ3n) is 7.76. The molecule has 0 saturated heterocycles. The maximum atomic E-state index is 13.1. The fourth-order valence-corrected chi connectivity index (χ4v) is 4.66. The average Bonchev–Trinajstić information content (AvgIpc) is 3.10. The van der Waals surface area contributed by atoms with Crippen LogP contribution < -0.4 is 32.0 Å². The minimum absolute atomic E-state index is 0.109. The molecule has 14 N–H and O–H groups in total. The molecule has 0 fully saturated rings. The Morgan fingerprint density at radius 2 is 1.50 bits per heavy atom. The van der Waals surface area contributed by atoms with Crippen LogP contribution >= 0.6 is 0 Å². The molecule has 0 aliphatic carbocycles. The molecule has 0 aliphatic rings. The number of carbonyl (C=O) groups excluding carboxylic acids is 4. The van der Waals surface area contributed by atoms with E-state index in [2.05, 4.69) is 26.6 Å². The molecule has 0 spiro atoms. The number of nitro benzene ring substituents is 1. The summed E-state index contributed by atoms with van der Waals surface area (Å²) in [7, 11) is -0.709. The van der Waals surface area contributed by atoms with Crippen molar-refractivity contribution in [1.82, 2.24) is 26.6 Å². The lowest BCUT2D eigenvalue weighted by atomic mass is 9.79. The number of carboxylic acids is 1. The second-order valence-electron chi connectivity index (χ2n) is 11.8. The van der Waals surface area contributed by atoms with E-state index in [0.29, 0.717) is 12.8 Å². The fraction of sp³-hybridized carbons (Fsp3) is 0.621. The highest BCUT2D eigenvalue weighted by molar-refractivity contribution is 6.58. The second kappa shape index (κ2) is 22.6. The number of benzene rings is 1. The monoisotopic (exact) mass is 746 g/mol. The molecule has 2 unspecified atom stereocenters. The molecule has 1 aromatic rings. The molecule has 52 heavy (non-hydrogen) atoms. The number of aliphatic hydroxyl groups is 6. The van der Waals surface area contributed by atoms with Crippen LogP contribution in [0, 0.1) is 10.1 Å². The second-order valence-corrected chi connectivity index (χ2v) is 11.8. The first-order valence-electron chi connectivity index (χ1n) is 16.1. The molecular formula is C29H47BN6O16. The number of unbranched alkanes of at least 4 members (excludes halogenated alkanes) is 1. The van der Waals surface area contributed by atoms with Gasteiger partial charge in [0.05, 0.1) is 29.8 Å². The molecule has 1 rings (SSSR count). The lowest BCUT2D eigenvalue weighted by Gasteiger charge is -2.26. The van der Waals surface area contributed by atoms with Gasteiger partial charge < -0.3 is 72.4 Å². The predicted molar refractivity (Wildman–Crippen MR) is 178 cm³/mol. The highest BCUT2D eigenvalue weighted by Gasteiger charge is 2.32. The van der Waals surface area contributed by atoms with Crippen molar-refractivity contribution < 1.29 is 74.7 Å². The van der Waals surface area contributed by atoms with Crippen LogP contribution in [-0.4, -0.2) is 163 Å². The lowest BCUT2D eigenvalue weighted by Crippen LogP contribution is -2.53. The van der Waals surface area contributed by atoms with Gasteiger partial charge in [-0.2, -0.15) is 0 Å². The SMILES string of the molecule is CN[C@@H](CCCCNC(=O)CC[C@H](NC(=O)c1cc(B(O)O)cc([N+](=O)[O-])c1)C(=O)NC[C@@H](O)[C@H](O)[C@@H](O)[C@@H](O)CO)C(=O)NC(C(=O)O)C(C)O. The minimum atomic E-state index is -2.19. The fourth-order valence-electron chi connectivity index (χ4n) is 4.66. The van der Waals surface area contributed by atoms with Gasteiger partial charge in [-0.25, -0.2) is 4.79 Å². The van der Waals surface area contributed by atoms with Crippen LogP contribution in [0.5, 0.6) is 0 Å². The molecule has 0 heterocycles. The number of aliphatic hydroxyl groups excluding tert-OH is 6. The summed E-state index contributed by atoms with van der Waals surface area (Å²) in [6.45, 7) is -0.370. The smallest absolute Gasteiger partial charge is 0.480 e. The van der Waals surface area contributed by atoms with Crippen molar-refractivity contribution in [3.63, 3.8) is 0 Å². The summed E-state index contributed by atoms with van der Waals surface area (Å²) in [6, 6.07) is -1.33. The highest BCUT2D eigenvalue weighted by atomic mass is 16.6. The molecule has 0 aliphatic heterocycles. The summed E-state index contributed by atoms with van der Waals surface area (Å²) in [4.78, 5) is 72.9. The summed E-state index contributed by atoms with van der Waals surface area (Å²) < 4.78 is 0. The number of hydrogen-bond donors (Lipinski definition) is 14. The molecule has 23 heteroatoms. The van der Waals surface area contributed by atoms with Crippen LogP contribution in [0.15, 0.2) is 18.2 Å². The first-order chi connectivity index (χ1) is 24.3. The van der Waals surface area contributed by atoms with Gasteiger partial charge in [-0.15, -0.1) is 0 Å². The van der Waals surface area contributed by atoms with Crippen molar-refractivity contribution in [3.05, 3.63) is 33.9 Å². The van der Waals surface area contributed by atoms with E-state index >= 15 is 0 Å². The van der Waals surface area contributed by atoms with Gasteiger partial charge in [0.15, 0.2) is 6.04 Å². The van der Waals surface area contributed by atoms with Crippen LogP contribution in [0.1, 0.15) is 49.4 Å². The highest BCUT2D eigenvalue weighted by Crippen LogP contribution is 2.13. The molecule has 0 saturated carbocycles. The summed E-state index contributed by atoms with van der Waals surface area (Å²) in [6.07, 6.45) is -8.84. The largest absolute Gasteiger partial charge is 0.488 e. The molecule has 22 nitrogen and oxygen atoms in total. The van der Waals surface area contributed by atoms with Crippen LogP contribution in [0.3, 0.4) is 0 Å². The lowest BCUT2D eigenvalue weighted by molar-refractivity contribution is -0.384.